The minimum atomic E-state index is 0.0787. The molecule has 142 valence electrons. The summed E-state index contributed by atoms with van der Waals surface area (Å²) in [7, 11) is 1.90. The quantitative estimate of drug-likeness (QED) is 0.744. The lowest BCUT2D eigenvalue weighted by Gasteiger charge is -2.38. The number of amides is 1. The fraction of sp³-hybridized carbons (Fsp3) is 0.478. The van der Waals surface area contributed by atoms with E-state index in [1.807, 2.05) is 20.0 Å². The Hall–Kier alpha value is -2.36. The van der Waals surface area contributed by atoms with E-state index in [0.29, 0.717) is 11.6 Å². The molecule has 2 atom stereocenters. The molecule has 1 aromatic carbocycles. The molecule has 1 heterocycles. The van der Waals surface area contributed by atoms with Gasteiger partial charge in [-0.1, -0.05) is 36.4 Å². The first-order valence-corrected chi connectivity index (χ1v) is 10.2. The van der Waals surface area contributed by atoms with Gasteiger partial charge in [0.05, 0.1) is 6.04 Å². The minimum absolute atomic E-state index is 0.0787. The van der Waals surface area contributed by atoms with Crippen LogP contribution in [0.3, 0.4) is 0 Å². The summed E-state index contributed by atoms with van der Waals surface area (Å²) in [5.74, 6) is 0.618. The monoisotopic (exact) mass is 363 g/mol. The first-order valence-electron chi connectivity index (χ1n) is 10.2. The zero-order valence-electron chi connectivity index (χ0n) is 16.4. The van der Waals surface area contributed by atoms with Gasteiger partial charge < -0.3 is 4.90 Å². The molecule has 2 aliphatic rings. The van der Waals surface area contributed by atoms with Gasteiger partial charge in [-0.2, -0.15) is 5.10 Å². The lowest BCUT2D eigenvalue weighted by atomic mass is 9.85. The molecule has 27 heavy (non-hydrogen) atoms. The summed E-state index contributed by atoms with van der Waals surface area (Å²) in [5.41, 5.74) is 4.32. The van der Waals surface area contributed by atoms with E-state index in [-0.39, 0.29) is 11.9 Å². The van der Waals surface area contributed by atoms with Crippen molar-refractivity contribution in [1.29, 1.82) is 0 Å². The number of hydrogen-bond donors (Lipinski definition) is 0. The third-order valence-corrected chi connectivity index (χ3v) is 6.14. The van der Waals surface area contributed by atoms with Gasteiger partial charge in [0.15, 0.2) is 5.69 Å². The largest absolute Gasteiger partial charge is 0.330 e. The highest BCUT2D eigenvalue weighted by atomic mass is 16.2. The number of nitrogens with zero attached hydrogens (tertiary/aromatic N) is 3. The van der Waals surface area contributed by atoms with Crippen LogP contribution in [0.1, 0.15) is 65.5 Å². The Labute approximate surface area is 161 Å². The zero-order valence-corrected chi connectivity index (χ0v) is 16.4. The van der Waals surface area contributed by atoms with Gasteiger partial charge in [-0.05, 0) is 68.6 Å². The number of carbonyl (C=O) groups is 1. The Bertz CT molecular complexity index is 832. The number of aromatic nitrogens is 2. The van der Waals surface area contributed by atoms with Gasteiger partial charge in [0, 0.05) is 19.3 Å². The Kier molecular flexibility index (Phi) is 5.15. The predicted octanol–water partition coefficient (Wildman–Crippen LogP) is 4.60. The third kappa shape index (κ3) is 3.71. The first-order chi connectivity index (χ1) is 13.1. The van der Waals surface area contributed by atoms with Gasteiger partial charge in [-0.3, -0.25) is 9.48 Å². The lowest BCUT2D eigenvalue weighted by Crippen LogP contribution is -2.40. The second-order valence-electron chi connectivity index (χ2n) is 8.01. The molecule has 0 saturated carbocycles. The molecule has 2 aromatic rings. The van der Waals surface area contributed by atoms with E-state index in [9.17, 15) is 4.79 Å². The van der Waals surface area contributed by atoms with Crippen molar-refractivity contribution in [3.63, 3.8) is 0 Å². The van der Waals surface area contributed by atoms with E-state index >= 15 is 0 Å². The van der Waals surface area contributed by atoms with Crippen LogP contribution in [-0.4, -0.2) is 27.1 Å². The smallest absolute Gasteiger partial charge is 0.274 e. The summed E-state index contributed by atoms with van der Waals surface area (Å²) in [5, 5.41) is 4.49. The van der Waals surface area contributed by atoms with Crippen molar-refractivity contribution in [3.05, 3.63) is 65.0 Å². The summed E-state index contributed by atoms with van der Waals surface area (Å²) >= 11 is 0. The second-order valence-corrected chi connectivity index (χ2v) is 8.01. The van der Waals surface area contributed by atoms with Crippen molar-refractivity contribution in [3.8, 4) is 0 Å². The van der Waals surface area contributed by atoms with Crippen molar-refractivity contribution in [1.82, 2.24) is 14.7 Å². The summed E-state index contributed by atoms with van der Waals surface area (Å²) in [6, 6.07) is 10.7. The zero-order chi connectivity index (χ0) is 18.8. The molecule has 0 spiro atoms. The molecule has 4 rings (SSSR count). The van der Waals surface area contributed by atoms with E-state index in [1.54, 1.807) is 4.68 Å². The number of hydrogen-bond acceptors (Lipinski definition) is 2. The lowest BCUT2D eigenvalue weighted by molar-refractivity contribution is 0.0605. The number of allylic oxidation sites excluding steroid dienone is 2. The molecular weight excluding hydrogens is 334 g/mol. The van der Waals surface area contributed by atoms with Gasteiger partial charge in [-0.15, -0.1) is 0 Å². The van der Waals surface area contributed by atoms with Gasteiger partial charge in [0.2, 0.25) is 0 Å². The average molecular weight is 364 g/mol. The standard InChI is InChI=1S/C23H29N3O/c1-17-15-21(24-25(17)2)23(27)26(16-18-9-4-3-5-10-18)22-14-8-12-19-11-6-7-13-20(19)22/h3-4,6-7,11,13,15,18,22H,5,8-10,12,14,16H2,1-2H3/t18-,22+/m0/s1. The molecule has 0 bridgehead atoms. The Morgan fingerprint density at radius 2 is 2.11 bits per heavy atom. The van der Waals surface area contributed by atoms with Crippen molar-refractivity contribution < 1.29 is 4.79 Å². The molecular formula is C23H29N3O. The van der Waals surface area contributed by atoms with Crippen LogP contribution in [0.4, 0.5) is 0 Å². The SMILES string of the molecule is Cc1cc(C(=O)N(C[C@H]2CC=CCC2)[C@@H]2CCCc3ccccc32)nn1C. The summed E-state index contributed by atoms with van der Waals surface area (Å²) in [4.78, 5) is 15.7. The van der Waals surface area contributed by atoms with Crippen LogP contribution in [0.15, 0.2) is 42.5 Å². The number of benzene rings is 1. The number of aryl methyl sites for hydroxylation is 3. The van der Waals surface area contributed by atoms with Gasteiger partial charge in [0.25, 0.3) is 5.91 Å². The fourth-order valence-electron chi connectivity index (χ4n) is 4.52. The molecule has 1 amide bonds. The summed E-state index contributed by atoms with van der Waals surface area (Å²) in [6.45, 7) is 2.81. The summed E-state index contributed by atoms with van der Waals surface area (Å²) in [6.07, 6.45) is 11.2. The number of carbonyl (C=O) groups excluding carboxylic acids is 1. The first kappa shape index (κ1) is 18.0. The van der Waals surface area contributed by atoms with Gasteiger partial charge in [0.1, 0.15) is 0 Å². The van der Waals surface area contributed by atoms with Crippen LogP contribution in [-0.2, 0) is 13.5 Å². The highest BCUT2D eigenvalue weighted by Crippen LogP contribution is 2.36. The van der Waals surface area contributed by atoms with Crippen molar-refractivity contribution >= 4 is 5.91 Å². The molecule has 0 unspecified atom stereocenters. The highest BCUT2D eigenvalue weighted by molar-refractivity contribution is 5.92. The Balaban J connectivity index is 1.67. The molecule has 4 nitrogen and oxygen atoms in total. The molecule has 0 radical (unpaired) electrons. The number of rotatable bonds is 4. The number of fused-ring (bicyclic) bond motifs is 1. The van der Waals surface area contributed by atoms with E-state index in [2.05, 4.69) is 46.4 Å². The molecule has 1 aromatic heterocycles. The van der Waals surface area contributed by atoms with E-state index in [1.165, 1.54) is 11.1 Å². The maximum Gasteiger partial charge on any atom is 0.274 e. The van der Waals surface area contributed by atoms with E-state index in [4.69, 9.17) is 0 Å². The van der Waals surface area contributed by atoms with E-state index in [0.717, 1.165) is 50.8 Å². The maximum absolute atomic E-state index is 13.5. The van der Waals surface area contributed by atoms with Crippen molar-refractivity contribution in [2.24, 2.45) is 13.0 Å². The average Bonchev–Trinajstić information content (AvgIpc) is 3.05. The minimum Gasteiger partial charge on any atom is -0.330 e. The molecule has 4 heteroatoms. The van der Waals surface area contributed by atoms with Crippen LogP contribution in [0.25, 0.3) is 0 Å². The normalized spacial score (nSPS) is 21.7. The molecule has 0 saturated heterocycles. The van der Waals surface area contributed by atoms with Crippen molar-refractivity contribution in [2.75, 3.05) is 6.54 Å². The predicted molar refractivity (Wildman–Crippen MR) is 108 cm³/mol. The summed E-state index contributed by atoms with van der Waals surface area (Å²) < 4.78 is 1.80. The van der Waals surface area contributed by atoms with Crippen LogP contribution in [0, 0.1) is 12.8 Å². The molecule has 2 aliphatic carbocycles. The Morgan fingerprint density at radius 3 is 2.85 bits per heavy atom. The fourth-order valence-corrected chi connectivity index (χ4v) is 4.52. The van der Waals surface area contributed by atoms with Crippen LogP contribution >= 0.6 is 0 Å². The van der Waals surface area contributed by atoms with Crippen molar-refractivity contribution in [2.45, 2.75) is 51.5 Å². The maximum atomic E-state index is 13.5. The Morgan fingerprint density at radius 1 is 1.26 bits per heavy atom. The van der Waals surface area contributed by atoms with Crippen LogP contribution in [0.5, 0.6) is 0 Å². The molecule has 0 N–H and O–H groups in total. The topological polar surface area (TPSA) is 38.1 Å². The molecule has 0 fully saturated rings. The molecule has 0 aliphatic heterocycles. The van der Waals surface area contributed by atoms with Gasteiger partial charge >= 0.3 is 0 Å². The second kappa shape index (κ2) is 7.71. The third-order valence-electron chi connectivity index (χ3n) is 6.14. The van der Waals surface area contributed by atoms with E-state index < -0.39 is 0 Å². The van der Waals surface area contributed by atoms with Crippen LogP contribution in [0.2, 0.25) is 0 Å². The van der Waals surface area contributed by atoms with Crippen LogP contribution < -0.4 is 0 Å². The van der Waals surface area contributed by atoms with Gasteiger partial charge in [-0.25, -0.2) is 0 Å². The highest BCUT2D eigenvalue weighted by Gasteiger charge is 2.32.